The van der Waals surface area contributed by atoms with Crippen molar-refractivity contribution in [3.05, 3.63) is 12.4 Å². The van der Waals surface area contributed by atoms with Crippen molar-refractivity contribution in [2.75, 3.05) is 6.67 Å². The Kier molecular flexibility index (Phi) is 4.35. The lowest BCUT2D eigenvalue weighted by Crippen LogP contribution is -2.57. The van der Waals surface area contributed by atoms with Crippen LogP contribution in [-0.2, 0) is 0 Å². The number of halogens is 8. The first-order chi connectivity index (χ1) is 7.04. The maximum absolute atomic E-state index is 13.1. The monoisotopic (exact) mass is 256 g/mol. The Hall–Kier alpha value is -0.820. The van der Waals surface area contributed by atoms with E-state index in [1.54, 1.807) is 0 Å². The maximum atomic E-state index is 13.1. The van der Waals surface area contributed by atoms with Crippen LogP contribution in [0.5, 0.6) is 0 Å². The first-order valence-electron chi connectivity index (χ1n) is 4.02. The van der Waals surface area contributed by atoms with Crippen molar-refractivity contribution in [2.45, 2.75) is 24.7 Å². The molecule has 0 nitrogen and oxygen atoms in total. The zero-order valence-corrected chi connectivity index (χ0v) is 7.96. The first-order valence-corrected chi connectivity index (χ1v) is 4.02. The molecular formula is C8H8F8. The topological polar surface area (TPSA) is 0 Å². The van der Waals surface area contributed by atoms with Crippen molar-refractivity contribution in [2.24, 2.45) is 5.92 Å². The summed E-state index contributed by atoms with van der Waals surface area (Å²) in [5.74, 6) is -7.63. The van der Waals surface area contributed by atoms with Gasteiger partial charge >= 0.3 is 6.18 Å². The fraction of sp³-hybridized carbons (Fsp3) is 0.750. The highest BCUT2D eigenvalue weighted by atomic mass is 19.4. The van der Waals surface area contributed by atoms with E-state index in [0.29, 0.717) is 6.92 Å². The standard InChI is InChI=1S/C8H8F8/c1-5(4-10)7(12,13)6(11,2-3-9)8(14,15)16/h2-3,5H,4H2,1H3. The van der Waals surface area contributed by atoms with Gasteiger partial charge in [-0.05, 0) is 6.08 Å². The molecular weight excluding hydrogens is 248 g/mol. The predicted molar refractivity (Wildman–Crippen MR) is 40.2 cm³/mol. The molecule has 0 aromatic carbocycles. The number of allylic oxidation sites excluding steroid dienone is 1. The molecule has 0 aliphatic carbocycles. The SMILES string of the molecule is CC(CF)C(F)(F)C(F)(C=CF)C(F)(F)F. The summed E-state index contributed by atoms with van der Waals surface area (Å²) in [6.45, 7) is -1.47. The molecule has 0 N–H and O–H groups in total. The van der Waals surface area contributed by atoms with Gasteiger partial charge in [0.25, 0.3) is 11.6 Å². The Morgan fingerprint density at radius 2 is 1.50 bits per heavy atom. The molecule has 0 aliphatic rings. The van der Waals surface area contributed by atoms with Gasteiger partial charge in [-0.2, -0.15) is 13.2 Å². The fourth-order valence-electron chi connectivity index (χ4n) is 0.937. The summed E-state index contributed by atoms with van der Waals surface area (Å²) in [4.78, 5) is 0. The van der Waals surface area contributed by atoms with Crippen LogP contribution in [0.3, 0.4) is 0 Å². The van der Waals surface area contributed by atoms with Gasteiger partial charge in [0, 0.05) is 0 Å². The van der Waals surface area contributed by atoms with Crippen LogP contribution >= 0.6 is 0 Å². The zero-order chi connectivity index (χ0) is 13.2. The summed E-state index contributed by atoms with van der Waals surface area (Å²) in [5.41, 5.74) is -5.22. The van der Waals surface area contributed by atoms with E-state index in [1.807, 2.05) is 0 Å². The van der Waals surface area contributed by atoms with E-state index in [2.05, 4.69) is 0 Å². The molecule has 0 aromatic heterocycles. The van der Waals surface area contributed by atoms with Crippen molar-refractivity contribution in [3.63, 3.8) is 0 Å². The molecule has 2 unspecified atom stereocenters. The number of rotatable bonds is 4. The molecule has 0 fully saturated rings. The molecule has 0 heterocycles. The molecule has 2 atom stereocenters. The lowest BCUT2D eigenvalue weighted by Gasteiger charge is -2.35. The first kappa shape index (κ1) is 15.2. The number of hydrogen-bond acceptors (Lipinski definition) is 0. The molecule has 0 aromatic rings. The van der Waals surface area contributed by atoms with Crippen LogP contribution in [0.1, 0.15) is 6.92 Å². The Balaban J connectivity index is 5.53. The molecule has 96 valence electrons. The molecule has 0 rings (SSSR count). The minimum absolute atomic E-state index is 0.395. The van der Waals surface area contributed by atoms with E-state index in [1.165, 1.54) is 0 Å². The lowest BCUT2D eigenvalue weighted by atomic mass is 9.88. The average molecular weight is 256 g/mol. The van der Waals surface area contributed by atoms with Crippen LogP contribution in [0, 0.1) is 5.92 Å². The predicted octanol–water partition coefficient (Wildman–Crippen LogP) is 3.98. The summed E-state index contributed by atoms with van der Waals surface area (Å²) < 4.78 is 98.9. The van der Waals surface area contributed by atoms with Gasteiger partial charge in [0.1, 0.15) is 0 Å². The molecule has 16 heavy (non-hydrogen) atoms. The van der Waals surface area contributed by atoms with E-state index >= 15 is 0 Å². The largest absolute Gasteiger partial charge is 0.432 e. The summed E-state index contributed by atoms with van der Waals surface area (Å²) in [7, 11) is 0. The zero-order valence-electron chi connectivity index (χ0n) is 7.96. The second-order valence-electron chi connectivity index (χ2n) is 3.18. The van der Waals surface area contributed by atoms with E-state index < -0.39 is 42.8 Å². The van der Waals surface area contributed by atoms with Crippen LogP contribution in [0.25, 0.3) is 0 Å². The lowest BCUT2D eigenvalue weighted by molar-refractivity contribution is -0.294. The van der Waals surface area contributed by atoms with Crippen molar-refractivity contribution < 1.29 is 35.1 Å². The molecule has 0 spiro atoms. The summed E-state index contributed by atoms with van der Waals surface area (Å²) in [5, 5.41) is 0. The molecule has 0 saturated carbocycles. The van der Waals surface area contributed by atoms with Gasteiger partial charge < -0.3 is 0 Å². The van der Waals surface area contributed by atoms with Gasteiger partial charge in [0.2, 0.25) is 0 Å². The van der Waals surface area contributed by atoms with Gasteiger partial charge in [-0.1, -0.05) is 6.92 Å². The normalized spacial score (nSPS) is 19.8. The Bertz CT molecular complexity index is 255. The second-order valence-corrected chi connectivity index (χ2v) is 3.18. The minimum Gasteiger partial charge on any atom is -0.251 e. The smallest absolute Gasteiger partial charge is 0.251 e. The van der Waals surface area contributed by atoms with Gasteiger partial charge in [-0.25, -0.2) is 17.6 Å². The molecule has 0 saturated heterocycles. The minimum atomic E-state index is -6.04. The Morgan fingerprint density at radius 1 is 1.06 bits per heavy atom. The quantitative estimate of drug-likeness (QED) is 0.667. The van der Waals surface area contributed by atoms with Crippen LogP contribution in [-0.4, -0.2) is 24.4 Å². The van der Waals surface area contributed by atoms with Crippen molar-refractivity contribution >= 4 is 0 Å². The number of hydrogen-bond donors (Lipinski definition) is 0. The van der Waals surface area contributed by atoms with Crippen LogP contribution < -0.4 is 0 Å². The van der Waals surface area contributed by atoms with Crippen LogP contribution in [0.2, 0.25) is 0 Å². The molecule has 0 bridgehead atoms. The third-order valence-electron chi connectivity index (χ3n) is 2.04. The number of alkyl halides is 7. The fourth-order valence-corrected chi connectivity index (χ4v) is 0.937. The van der Waals surface area contributed by atoms with E-state index in [9.17, 15) is 35.1 Å². The third kappa shape index (κ3) is 2.30. The van der Waals surface area contributed by atoms with Crippen molar-refractivity contribution in [1.29, 1.82) is 0 Å². The summed E-state index contributed by atoms with van der Waals surface area (Å²) >= 11 is 0. The highest BCUT2D eigenvalue weighted by Gasteiger charge is 2.71. The van der Waals surface area contributed by atoms with Gasteiger partial charge in [0.15, 0.2) is 0 Å². The molecule has 0 aliphatic heterocycles. The second kappa shape index (κ2) is 4.58. The van der Waals surface area contributed by atoms with Gasteiger partial charge in [-0.3, -0.25) is 4.39 Å². The Morgan fingerprint density at radius 3 is 1.75 bits per heavy atom. The van der Waals surface area contributed by atoms with Crippen LogP contribution in [0.4, 0.5) is 35.1 Å². The molecule has 0 amide bonds. The van der Waals surface area contributed by atoms with Crippen molar-refractivity contribution in [3.8, 4) is 0 Å². The molecule has 8 heteroatoms. The summed E-state index contributed by atoms with van der Waals surface area (Å²) in [6.07, 6.45) is -7.98. The van der Waals surface area contributed by atoms with Crippen LogP contribution in [0.15, 0.2) is 12.4 Å². The highest BCUT2D eigenvalue weighted by Crippen LogP contribution is 2.49. The van der Waals surface area contributed by atoms with E-state index in [0.717, 1.165) is 0 Å². The van der Waals surface area contributed by atoms with Gasteiger partial charge in [-0.15, -0.1) is 0 Å². The van der Waals surface area contributed by atoms with E-state index in [4.69, 9.17) is 0 Å². The van der Waals surface area contributed by atoms with Gasteiger partial charge in [0.05, 0.1) is 18.9 Å². The maximum Gasteiger partial charge on any atom is 0.432 e. The summed E-state index contributed by atoms with van der Waals surface area (Å²) in [6, 6.07) is 0. The highest BCUT2D eigenvalue weighted by molar-refractivity contribution is 5.13. The van der Waals surface area contributed by atoms with Crippen molar-refractivity contribution in [1.82, 2.24) is 0 Å². The molecule has 0 radical (unpaired) electrons. The average Bonchev–Trinajstić information content (AvgIpc) is 2.14. The Labute approximate surface area is 85.9 Å². The third-order valence-corrected chi connectivity index (χ3v) is 2.04. The van der Waals surface area contributed by atoms with E-state index in [-0.39, 0.29) is 0 Å².